The first-order chi connectivity index (χ1) is 21.1. The van der Waals surface area contributed by atoms with Crippen LogP contribution in [0.2, 0.25) is 0 Å². The van der Waals surface area contributed by atoms with E-state index in [9.17, 15) is 35.4 Å². The van der Waals surface area contributed by atoms with Gasteiger partial charge in [-0.25, -0.2) is 9.79 Å². The summed E-state index contributed by atoms with van der Waals surface area (Å²) in [6.45, 7) is 1.23. The summed E-state index contributed by atoms with van der Waals surface area (Å²) < 4.78 is 28.2. The van der Waals surface area contributed by atoms with E-state index >= 15 is 0 Å². The molecule has 1 saturated heterocycles. The molecule has 2 aromatic rings. The van der Waals surface area contributed by atoms with Gasteiger partial charge in [0, 0.05) is 30.8 Å². The molecule has 3 heterocycles. The number of aliphatic imine (C=N–C) groups is 2. The number of likely N-dealkylation sites (N-methyl/N-ethyl adjacent to an activating group) is 1. The molecule has 5 rings (SSSR count). The largest absolute Gasteiger partial charge is 0.507 e. The summed E-state index contributed by atoms with van der Waals surface area (Å²) in [6, 6.07) is 8.24. The zero-order valence-electron chi connectivity index (χ0n) is 23.8. The minimum Gasteiger partial charge on any atom is -0.507 e. The van der Waals surface area contributed by atoms with Crippen LogP contribution < -0.4 is 24.3 Å². The molecule has 236 valence electrons. The average Bonchev–Trinajstić information content (AvgIpc) is 3.50. The molecular weight excluding hydrogens is 582 g/mol. The van der Waals surface area contributed by atoms with Crippen LogP contribution in [0.4, 0.5) is 0 Å². The normalized spacial score (nSPS) is 27.5. The number of aliphatic hydroxyl groups is 4. The number of hydrogen-bond donors (Lipinski definition) is 7. The third-order valence-electron chi connectivity index (χ3n) is 7.43. The molecule has 7 N–H and O–H groups in total. The molecule has 0 spiro atoms. The van der Waals surface area contributed by atoms with Crippen molar-refractivity contribution in [1.82, 2.24) is 5.32 Å². The highest BCUT2D eigenvalue weighted by molar-refractivity contribution is 5.97. The molecule has 6 atom stereocenters. The molecule has 1 unspecified atom stereocenters. The fraction of sp³-hybridized carbons (Fsp3) is 0.414. The second kappa shape index (κ2) is 12.7. The molecule has 15 nitrogen and oxygen atoms in total. The van der Waals surface area contributed by atoms with Crippen molar-refractivity contribution >= 4 is 23.8 Å². The highest BCUT2D eigenvalue weighted by Crippen LogP contribution is 2.51. The number of methoxy groups -OCH3 is 1. The highest BCUT2D eigenvalue weighted by Gasteiger charge is 2.59. The van der Waals surface area contributed by atoms with E-state index in [1.807, 2.05) is 7.05 Å². The summed E-state index contributed by atoms with van der Waals surface area (Å²) in [6.07, 6.45) is -6.53. The number of benzene rings is 2. The van der Waals surface area contributed by atoms with Crippen LogP contribution in [0.5, 0.6) is 28.7 Å². The Balaban J connectivity index is 1.40. The van der Waals surface area contributed by atoms with Crippen molar-refractivity contribution < 1.29 is 59.1 Å². The predicted octanol–water partition coefficient (Wildman–Crippen LogP) is 0.546. The van der Waals surface area contributed by atoms with Crippen molar-refractivity contribution in [2.24, 2.45) is 9.98 Å². The number of aromatic hydroxyl groups is 1. The number of carboxylic acids is 1. The Bertz CT molecular complexity index is 1480. The van der Waals surface area contributed by atoms with Crippen LogP contribution in [0.1, 0.15) is 23.7 Å². The number of rotatable bonds is 11. The number of carboxylic acid groups (broad SMARTS) is 1. The van der Waals surface area contributed by atoms with Crippen LogP contribution in [0.25, 0.3) is 5.76 Å². The number of nitrogens with one attached hydrogen (secondary N) is 1. The van der Waals surface area contributed by atoms with E-state index in [1.165, 1.54) is 25.6 Å². The fourth-order valence-electron chi connectivity index (χ4n) is 5.18. The highest BCUT2D eigenvalue weighted by atomic mass is 16.7. The van der Waals surface area contributed by atoms with E-state index in [-0.39, 0.29) is 40.8 Å². The Morgan fingerprint density at radius 3 is 2.59 bits per heavy atom. The Morgan fingerprint density at radius 1 is 1.20 bits per heavy atom. The quantitative estimate of drug-likeness (QED) is 0.172. The van der Waals surface area contributed by atoms with Crippen molar-refractivity contribution in [3.05, 3.63) is 47.5 Å². The van der Waals surface area contributed by atoms with Gasteiger partial charge in [-0.3, -0.25) is 4.99 Å². The van der Waals surface area contributed by atoms with Gasteiger partial charge < -0.3 is 59.6 Å². The van der Waals surface area contributed by atoms with Gasteiger partial charge in [-0.15, -0.1) is 0 Å². The van der Waals surface area contributed by atoms with Crippen molar-refractivity contribution in [2.45, 2.75) is 42.7 Å². The molecule has 44 heavy (non-hydrogen) atoms. The molecule has 0 radical (unpaired) electrons. The number of aliphatic hydroxyl groups excluding tert-OH is 3. The van der Waals surface area contributed by atoms with Gasteiger partial charge in [-0.05, 0) is 24.7 Å². The number of nitrogens with zero attached hydrogens (tertiary/aromatic N) is 2. The van der Waals surface area contributed by atoms with Crippen LogP contribution in [0.3, 0.4) is 0 Å². The van der Waals surface area contributed by atoms with Gasteiger partial charge in [-0.1, -0.05) is 12.1 Å². The Labute approximate surface area is 251 Å². The van der Waals surface area contributed by atoms with Gasteiger partial charge >= 0.3 is 5.97 Å². The summed E-state index contributed by atoms with van der Waals surface area (Å²) in [5, 5.41) is 67.6. The zero-order chi connectivity index (χ0) is 31.6. The molecule has 3 aliphatic heterocycles. The van der Waals surface area contributed by atoms with Crippen molar-refractivity contribution in [2.75, 3.05) is 33.9 Å². The number of hydrogen-bond acceptors (Lipinski definition) is 14. The van der Waals surface area contributed by atoms with E-state index in [0.29, 0.717) is 24.5 Å². The van der Waals surface area contributed by atoms with Gasteiger partial charge in [0.25, 0.3) is 0 Å². The van der Waals surface area contributed by atoms with Gasteiger partial charge in [0.1, 0.15) is 59.7 Å². The molecule has 0 saturated carbocycles. The second-order valence-electron chi connectivity index (χ2n) is 10.3. The van der Waals surface area contributed by atoms with Crippen LogP contribution >= 0.6 is 0 Å². The topological polar surface area (TPSA) is 221 Å². The lowest BCUT2D eigenvalue weighted by Crippen LogP contribution is -2.69. The molecule has 1 fully saturated rings. The standard InChI is InChI=1S/C29H33N3O12/c1-30-7-8-41-16-5-3-14(4-6-16)18-9-17(33)21-19(42-18)10-20(24(40-2)22(21)34)43-28-23(35)25(36)29(39,26(44-28)27(37)38)11-15-12-31-13-32-15/h3-6,9-10,13,18,23,25-26,28,30,33-36,39H,7-8,11-12H2,1-2H3,(H,37,38)/t18?,23-,25+,26-,28-,29+/m1/s1. The summed E-state index contributed by atoms with van der Waals surface area (Å²) in [5.74, 6) is -2.49. The number of phenols is 1. The summed E-state index contributed by atoms with van der Waals surface area (Å²) in [5.41, 5.74) is -1.64. The maximum absolute atomic E-state index is 12.1. The van der Waals surface area contributed by atoms with Gasteiger partial charge in [0.15, 0.2) is 17.6 Å². The molecular formula is C29H33N3O12. The van der Waals surface area contributed by atoms with Crippen LogP contribution in [-0.2, 0) is 9.53 Å². The minimum atomic E-state index is -2.47. The fourth-order valence-corrected chi connectivity index (χ4v) is 5.18. The number of fused-ring (bicyclic) bond motifs is 1. The summed E-state index contributed by atoms with van der Waals surface area (Å²) in [7, 11) is 3.02. The molecule has 0 aromatic heterocycles. The first-order valence-corrected chi connectivity index (χ1v) is 13.6. The second-order valence-corrected chi connectivity index (χ2v) is 10.3. The number of ether oxygens (including phenoxy) is 5. The lowest BCUT2D eigenvalue weighted by atomic mass is 9.80. The number of aliphatic carboxylic acids is 1. The van der Waals surface area contributed by atoms with E-state index in [2.05, 4.69) is 15.3 Å². The van der Waals surface area contributed by atoms with E-state index in [4.69, 9.17) is 23.7 Å². The number of carbonyl (C=O) groups is 1. The summed E-state index contributed by atoms with van der Waals surface area (Å²) >= 11 is 0. The third kappa shape index (κ3) is 5.87. The third-order valence-corrected chi connectivity index (χ3v) is 7.43. The molecule has 0 bridgehead atoms. The van der Waals surface area contributed by atoms with Crippen LogP contribution in [0, 0.1) is 0 Å². The Hall–Kier alpha value is -4.41. The van der Waals surface area contributed by atoms with E-state index in [0.717, 1.165) is 0 Å². The van der Waals surface area contributed by atoms with Crippen molar-refractivity contribution in [3.63, 3.8) is 0 Å². The van der Waals surface area contributed by atoms with E-state index < -0.39 is 54.4 Å². The van der Waals surface area contributed by atoms with Gasteiger partial charge in [-0.2, -0.15) is 0 Å². The first-order valence-electron chi connectivity index (χ1n) is 13.6. The molecule has 0 amide bonds. The maximum atomic E-state index is 12.1. The maximum Gasteiger partial charge on any atom is 0.336 e. The first kappa shape index (κ1) is 31.0. The predicted molar refractivity (Wildman–Crippen MR) is 154 cm³/mol. The van der Waals surface area contributed by atoms with Crippen molar-refractivity contribution in [3.8, 4) is 28.7 Å². The lowest BCUT2D eigenvalue weighted by Gasteiger charge is -2.46. The van der Waals surface area contributed by atoms with Crippen LogP contribution in [0.15, 0.2) is 46.4 Å². The van der Waals surface area contributed by atoms with E-state index in [1.54, 1.807) is 24.3 Å². The minimum absolute atomic E-state index is 0.0333. The van der Waals surface area contributed by atoms with Crippen molar-refractivity contribution in [1.29, 1.82) is 0 Å². The SMILES string of the molecule is CNCCOc1ccc(C2C=C(O)c3c(cc(O[C@@H]4O[C@H](C(=O)O)[C@](O)(CC5=NC=NC5)[C@@H](O)[C@H]4O)c(OC)c3O)O2)cc1. The lowest BCUT2D eigenvalue weighted by molar-refractivity contribution is -0.303. The smallest absolute Gasteiger partial charge is 0.336 e. The molecule has 0 aliphatic carbocycles. The number of phenolic OH excluding ortho intramolecular Hbond substituents is 1. The van der Waals surface area contributed by atoms with Crippen LogP contribution in [-0.4, -0.2) is 113 Å². The summed E-state index contributed by atoms with van der Waals surface area (Å²) in [4.78, 5) is 19.9. The Morgan fingerprint density at radius 2 is 1.95 bits per heavy atom. The van der Waals surface area contributed by atoms with Gasteiger partial charge in [0.05, 0.1) is 13.7 Å². The molecule has 2 aromatic carbocycles. The van der Waals surface area contributed by atoms with Gasteiger partial charge in [0.2, 0.25) is 12.0 Å². The monoisotopic (exact) mass is 615 g/mol. The Kier molecular flexibility index (Phi) is 8.94. The molecule has 15 heteroatoms. The average molecular weight is 616 g/mol. The zero-order valence-corrected chi connectivity index (χ0v) is 23.8. The molecule has 3 aliphatic rings.